The van der Waals surface area contributed by atoms with Crippen molar-refractivity contribution in [3.05, 3.63) is 71.0 Å². The lowest BCUT2D eigenvalue weighted by Crippen LogP contribution is -2.35. The van der Waals surface area contributed by atoms with E-state index in [4.69, 9.17) is 14.2 Å². The van der Waals surface area contributed by atoms with Gasteiger partial charge in [-0.3, -0.25) is 18.6 Å². The van der Waals surface area contributed by atoms with E-state index >= 15 is 0 Å². The van der Waals surface area contributed by atoms with Crippen LogP contribution in [0.25, 0.3) is 0 Å². The maximum Gasteiger partial charge on any atom is 0.314 e. The molecular weight excluding hydrogens is 532 g/mol. The first-order valence-corrected chi connectivity index (χ1v) is 15.0. The van der Waals surface area contributed by atoms with Gasteiger partial charge >= 0.3 is 5.97 Å². The number of methoxy groups -OCH3 is 1. The van der Waals surface area contributed by atoms with Crippen LogP contribution in [0.3, 0.4) is 0 Å². The van der Waals surface area contributed by atoms with Crippen LogP contribution in [0.15, 0.2) is 53.6 Å². The maximum absolute atomic E-state index is 12.9. The van der Waals surface area contributed by atoms with E-state index in [-0.39, 0.29) is 19.3 Å². The summed E-state index contributed by atoms with van der Waals surface area (Å²) in [6, 6.07) is 13.0. The van der Waals surface area contributed by atoms with Crippen molar-refractivity contribution in [2.24, 2.45) is 5.41 Å². The third-order valence-corrected chi connectivity index (χ3v) is 9.28. The van der Waals surface area contributed by atoms with E-state index in [1.165, 1.54) is 7.11 Å². The fourth-order valence-corrected chi connectivity index (χ4v) is 6.48. The molecule has 0 saturated heterocycles. The van der Waals surface area contributed by atoms with Gasteiger partial charge in [0.2, 0.25) is 0 Å². The summed E-state index contributed by atoms with van der Waals surface area (Å²) < 4.78 is 44.0. The quantitative estimate of drug-likeness (QED) is 0.292. The molecular formula is C29H40N4O6S. The minimum atomic E-state index is -3.32. The summed E-state index contributed by atoms with van der Waals surface area (Å²) in [4.78, 5) is 13.3. The fraction of sp³-hybridized carbons (Fsp3) is 0.483. The molecule has 0 amide bonds. The number of esters is 1. The molecule has 2 atom stereocenters. The Hall–Kier alpha value is -2.96. The Morgan fingerprint density at radius 1 is 1.23 bits per heavy atom. The predicted molar refractivity (Wildman–Crippen MR) is 153 cm³/mol. The van der Waals surface area contributed by atoms with Gasteiger partial charge in [0.05, 0.1) is 38.0 Å². The molecule has 2 heterocycles. The molecule has 1 aliphatic rings. The van der Waals surface area contributed by atoms with E-state index in [9.17, 15) is 13.9 Å². The van der Waals surface area contributed by atoms with Gasteiger partial charge in [-0.15, -0.1) is 15.9 Å². The van der Waals surface area contributed by atoms with Gasteiger partial charge in [-0.1, -0.05) is 42.5 Å². The zero-order valence-corrected chi connectivity index (χ0v) is 24.9. The summed E-state index contributed by atoms with van der Waals surface area (Å²) in [5.41, 5.74) is 2.27. The molecule has 3 aromatic rings. The van der Waals surface area contributed by atoms with Gasteiger partial charge in [0.1, 0.15) is 22.4 Å². The Labute approximate surface area is 237 Å². The van der Waals surface area contributed by atoms with Crippen molar-refractivity contribution >= 4 is 16.7 Å². The molecule has 2 unspecified atom stereocenters. The Kier molecular flexibility index (Phi) is 9.21. The molecule has 0 fully saturated rings. The molecule has 40 heavy (non-hydrogen) atoms. The molecule has 0 spiro atoms. The minimum Gasteiger partial charge on any atom is -0.487 e. The Balaban J connectivity index is 1.68. The summed E-state index contributed by atoms with van der Waals surface area (Å²) in [6.45, 7) is 11.0. The molecule has 0 bridgehead atoms. The first-order chi connectivity index (χ1) is 19.0. The second-order valence-electron chi connectivity index (χ2n) is 10.6. The van der Waals surface area contributed by atoms with Crippen molar-refractivity contribution in [3.8, 4) is 5.75 Å². The Morgan fingerprint density at radius 2 is 1.98 bits per heavy atom. The van der Waals surface area contributed by atoms with Crippen molar-refractivity contribution in [3.63, 3.8) is 0 Å². The Morgan fingerprint density at radius 3 is 2.65 bits per heavy atom. The molecule has 1 aromatic heterocycles. The third kappa shape index (κ3) is 6.18. The van der Waals surface area contributed by atoms with Gasteiger partial charge in [0, 0.05) is 13.1 Å². The molecule has 0 saturated carbocycles. The number of aryl methyl sites for hydroxylation is 2. The summed E-state index contributed by atoms with van der Waals surface area (Å²) in [7, 11) is -1.95. The average Bonchev–Trinajstić information content (AvgIpc) is 3.37. The highest BCUT2D eigenvalue weighted by molar-refractivity contribution is 8.22. The minimum absolute atomic E-state index is 0.160. The zero-order valence-electron chi connectivity index (χ0n) is 24.0. The molecule has 11 heteroatoms. The summed E-state index contributed by atoms with van der Waals surface area (Å²) >= 11 is 0. The highest BCUT2D eigenvalue weighted by Crippen LogP contribution is 2.57. The highest BCUT2D eigenvalue weighted by atomic mass is 32.3. The van der Waals surface area contributed by atoms with Crippen molar-refractivity contribution in [2.45, 2.75) is 77.8 Å². The SMILES string of the molecule is CCC1CN(Cc2cc(C(OCc3cn(CC)nn3)C(C)(C)C(=O)OC)ccc2C)S(O)(O)c2ccccc2O1. The van der Waals surface area contributed by atoms with Crippen molar-refractivity contribution < 1.29 is 28.1 Å². The number of para-hydroxylation sites is 1. The van der Waals surface area contributed by atoms with Gasteiger partial charge in [-0.25, -0.2) is 0 Å². The van der Waals surface area contributed by atoms with E-state index in [1.54, 1.807) is 41.0 Å². The summed E-state index contributed by atoms with van der Waals surface area (Å²) in [5.74, 6) is 0.0914. The molecule has 10 nitrogen and oxygen atoms in total. The monoisotopic (exact) mass is 572 g/mol. The van der Waals surface area contributed by atoms with E-state index < -0.39 is 28.3 Å². The molecule has 0 radical (unpaired) electrons. The van der Waals surface area contributed by atoms with Crippen LogP contribution in [-0.4, -0.2) is 54.1 Å². The maximum atomic E-state index is 12.9. The van der Waals surface area contributed by atoms with Crippen molar-refractivity contribution in [1.29, 1.82) is 0 Å². The van der Waals surface area contributed by atoms with E-state index in [0.29, 0.717) is 35.8 Å². The number of fused-ring (bicyclic) bond motifs is 1. The summed E-state index contributed by atoms with van der Waals surface area (Å²) in [6.07, 6.45) is 1.66. The number of hydrogen-bond donors (Lipinski definition) is 2. The highest BCUT2D eigenvalue weighted by Gasteiger charge is 2.41. The van der Waals surface area contributed by atoms with Gasteiger partial charge in [-0.2, -0.15) is 4.31 Å². The van der Waals surface area contributed by atoms with Crippen LogP contribution < -0.4 is 4.74 Å². The second kappa shape index (κ2) is 12.3. The largest absolute Gasteiger partial charge is 0.487 e. The lowest BCUT2D eigenvalue weighted by atomic mass is 9.81. The topological polar surface area (TPSA) is 119 Å². The number of ether oxygens (including phenoxy) is 3. The number of carbonyl (C=O) groups is 1. The van der Waals surface area contributed by atoms with E-state index in [1.807, 2.05) is 51.2 Å². The van der Waals surface area contributed by atoms with Crippen LogP contribution in [0.1, 0.15) is 62.6 Å². The first kappa shape index (κ1) is 30.0. The molecule has 218 valence electrons. The predicted octanol–water partition coefficient (Wildman–Crippen LogP) is 5.76. The molecule has 1 aliphatic heterocycles. The number of rotatable bonds is 10. The van der Waals surface area contributed by atoms with Crippen molar-refractivity contribution in [1.82, 2.24) is 19.3 Å². The number of carbonyl (C=O) groups excluding carboxylic acids is 1. The van der Waals surface area contributed by atoms with Crippen LogP contribution in [0.4, 0.5) is 0 Å². The fourth-order valence-electron chi connectivity index (χ4n) is 4.86. The molecule has 2 aromatic carbocycles. The smallest absolute Gasteiger partial charge is 0.314 e. The van der Waals surface area contributed by atoms with Gasteiger partial charge < -0.3 is 14.2 Å². The lowest BCUT2D eigenvalue weighted by molar-refractivity contribution is -0.162. The normalized spacial score (nSPS) is 18.8. The van der Waals surface area contributed by atoms with Crippen LogP contribution in [-0.2, 0) is 34.0 Å². The number of aromatic nitrogens is 3. The van der Waals surface area contributed by atoms with Gasteiger partial charge in [0.25, 0.3) is 0 Å². The van der Waals surface area contributed by atoms with Crippen LogP contribution in [0, 0.1) is 12.3 Å². The van der Waals surface area contributed by atoms with Crippen LogP contribution in [0.2, 0.25) is 0 Å². The van der Waals surface area contributed by atoms with E-state index in [0.717, 1.165) is 16.7 Å². The zero-order chi connectivity index (χ0) is 29.1. The Bertz CT molecular complexity index is 1330. The standard InChI is InChI=1S/C29H40N4O6S/c1-7-24-18-33(40(35,36)26-12-10-9-11-25(26)39-24)16-22-15-21(14-13-20(22)3)27(29(4,5)28(34)37-6)38-19-23-17-32(8-2)31-30-23/h9-15,17,24,27,35-36H,7-8,16,18-19H2,1-6H3. The number of hydrogen-bond acceptors (Lipinski definition) is 9. The average molecular weight is 573 g/mol. The van der Waals surface area contributed by atoms with Crippen LogP contribution >= 0.6 is 10.8 Å². The van der Waals surface area contributed by atoms with Gasteiger partial charge in [0.15, 0.2) is 0 Å². The van der Waals surface area contributed by atoms with Crippen molar-refractivity contribution in [2.75, 3.05) is 13.7 Å². The summed E-state index contributed by atoms with van der Waals surface area (Å²) in [5, 5.41) is 8.24. The number of benzene rings is 2. The molecule has 4 rings (SSSR count). The van der Waals surface area contributed by atoms with E-state index in [2.05, 4.69) is 10.3 Å². The second-order valence-corrected chi connectivity index (χ2v) is 12.6. The molecule has 0 aliphatic carbocycles. The third-order valence-electron chi connectivity index (χ3n) is 7.36. The lowest BCUT2D eigenvalue weighted by Gasteiger charge is -2.42. The first-order valence-electron chi connectivity index (χ1n) is 13.5. The van der Waals surface area contributed by atoms with Gasteiger partial charge in [-0.05, 0) is 62.9 Å². The van der Waals surface area contributed by atoms with Crippen LogP contribution in [0.5, 0.6) is 5.75 Å². The number of nitrogens with zero attached hydrogens (tertiary/aromatic N) is 4. The molecule has 2 N–H and O–H groups in total.